The smallest absolute Gasteiger partial charge is 0.220 e. The molecule has 0 unspecified atom stereocenters. The molecule has 0 amide bonds. The van der Waals surface area contributed by atoms with Crippen LogP contribution in [0.4, 0.5) is 15.8 Å². The lowest BCUT2D eigenvalue weighted by Gasteiger charge is -2.28. The van der Waals surface area contributed by atoms with Gasteiger partial charge in [-0.25, -0.2) is 12.8 Å². The van der Waals surface area contributed by atoms with Crippen LogP contribution in [0, 0.1) is 24.1 Å². The van der Waals surface area contributed by atoms with Crippen LogP contribution in [0.3, 0.4) is 0 Å². The summed E-state index contributed by atoms with van der Waals surface area (Å²) in [6, 6.07) is 12.4. The average molecular weight is 314 g/mol. The summed E-state index contributed by atoms with van der Waals surface area (Å²) in [6.07, 6.45) is 1.24. The van der Waals surface area contributed by atoms with Crippen molar-refractivity contribution in [2.24, 2.45) is 0 Å². The van der Waals surface area contributed by atoms with Gasteiger partial charge in [0.2, 0.25) is 9.84 Å². The number of hydrogen-bond donors (Lipinski definition) is 0. The summed E-state index contributed by atoms with van der Waals surface area (Å²) < 4.78 is 38.3. The first-order chi connectivity index (χ1) is 10.4. The zero-order chi connectivity index (χ0) is 15.9. The molecule has 110 valence electrons. The highest BCUT2D eigenvalue weighted by molar-refractivity contribution is 7.95. The predicted octanol–water partition coefficient (Wildman–Crippen LogP) is 3.42. The van der Waals surface area contributed by atoms with Gasteiger partial charge in [-0.1, -0.05) is 18.2 Å². The summed E-state index contributed by atoms with van der Waals surface area (Å²) in [4.78, 5) is 1.10. The lowest BCUT2D eigenvalue weighted by atomic mass is 10.1. The van der Waals surface area contributed by atoms with E-state index in [-0.39, 0.29) is 15.5 Å². The maximum absolute atomic E-state index is 13.6. The number of benzene rings is 2. The molecule has 0 saturated carbocycles. The Balaban J connectivity index is 2.35. The number of sulfone groups is 1. The maximum Gasteiger partial charge on any atom is 0.220 e. The fourth-order valence-electron chi connectivity index (χ4n) is 2.40. The number of para-hydroxylation sites is 1. The van der Waals surface area contributed by atoms with Gasteiger partial charge >= 0.3 is 0 Å². The number of rotatable bonds is 1. The Labute approximate surface area is 127 Å². The Bertz CT molecular complexity index is 943. The second-order valence-corrected chi connectivity index (χ2v) is 6.76. The van der Waals surface area contributed by atoms with E-state index < -0.39 is 15.7 Å². The normalized spacial score (nSPS) is 15.7. The highest BCUT2D eigenvalue weighted by Gasteiger charge is 2.32. The minimum atomic E-state index is -3.91. The second-order valence-electron chi connectivity index (χ2n) is 4.88. The van der Waals surface area contributed by atoms with Crippen molar-refractivity contribution in [2.75, 3.05) is 4.90 Å². The molecule has 1 heterocycles. The highest BCUT2D eigenvalue weighted by atomic mass is 32.2. The molecule has 0 aliphatic carbocycles. The Morgan fingerprint density at radius 2 is 1.86 bits per heavy atom. The minimum Gasteiger partial charge on any atom is -0.313 e. The van der Waals surface area contributed by atoms with Crippen LogP contribution < -0.4 is 4.90 Å². The molecule has 0 atom stereocenters. The van der Waals surface area contributed by atoms with Crippen LogP contribution in [0.2, 0.25) is 0 Å². The molecule has 1 aliphatic heterocycles. The van der Waals surface area contributed by atoms with Crippen LogP contribution in [-0.4, -0.2) is 8.42 Å². The zero-order valence-corrected chi connectivity index (χ0v) is 12.4. The Hall–Kier alpha value is -2.65. The number of halogens is 1. The summed E-state index contributed by atoms with van der Waals surface area (Å²) in [7, 11) is -3.91. The van der Waals surface area contributed by atoms with E-state index in [9.17, 15) is 12.8 Å². The van der Waals surface area contributed by atoms with Crippen molar-refractivity contribution in [2.45, 2.75) is 11.8 Å². The third kappa shape index (κ3) is 2.07. The third-order valence-electron chi connectivity index (χ3n) is 3.49. The lowest BCUT2D eigenvalue weighted by Crippen LogP contribution is -2.22. The molecule has 0 radical (unpaired) electrons. The van der Waals surface area contributed by atoms with E-state index in [1.807, 2.05) is 19.1 Å². The number of nitriles is 1. The molecular formula is C16H11FN2O2S. The molecule has 3 rings (SSSR count). The number of nitrogens with zero attached hydrogens (tertiary/aromatic N) is 2. The number of fused-ring (bicyclic) bond motifs is 1. The van der Waals surface area contributed by atoms with Crippen LogP contribution in [0.5, 0.6) is 0 Å². The van der Waals surface area contributed by atoms with E-state index in [4.69, 9.17) is 5.26 Å². The highest BCUT2D eigenvalue weighted by Crippen LogP contribution is 2.40. The molecule has 22 heavy (non-hydrogen) atoms. The van der Waals surface area contributed by atoms with Gasteiger partial charge in [-0.2, -0.15) is 5.26 Å². The van der Waals surface area contributed by atoms with Gasteiger partial charge in [0.25, 0.3) is 0 Å². The first-order valence-corrected chi connectivity index (χ1v) is 7.95. The van der Waals surface area contributed by atoms with Gasteiger partial charge in [-0.3, -0.25) is 0 Å². The van der Waals surface area contributed by atoms with Gasteiger partial charge in [0.1, 0.15) is 11.9 Å². The molecule has 4 nitrogen and oxygen atoms in total. The Kier molecular flexibility index (Phi) is 3.23. The van der Waals surface area contributed by atoms with Crippen LogP contribution in [0.25, 0.3) is 0 Å². The minimum absolute atomic E-state index is 0.0730. The largest absolute Gasteiger partial charge is 0.313 e. The van der Waals surface area contributed by atoms with Gasteiger partial charge < -0.3 is 4.90 Å². The molecule has 0 fully saturated rings. The quantitative estimate of drug-likeness (QED) is 0.757. The molecule has 2 aromatic carbocycles. The monoisotopic (exact) mass is 314 g/mol. The van der Waals surface area contributed by atoms with Crippen molar-refractivity contribution in [1.29, 1.82) is 5.26 Å². The average Bonchev–Trinajstić information content (AvgIpc) is 2.48. The van der Waals surface area contributed by atoms with E-state index >= 15 is 0 Å². The van der Waals surface area contributed by atoms with Crippen molar-refractivity contribution in [3.05, 3.63) is 65.0 Å². The predicted molar refractivity (Wildman–Crippen MR) is 80.6 cm³/mol. The number of hydrogen-bond acceptors (Lipinski definition) is 4. The molecule has 0 aromatic heterocycles. The fourth-order valence-corrected chi connectivity index (χ4v) is 3.68. The maximum atomic E-state index is 13.6. The molecule has 0 bridgehead atoms. The first kappa shape index (κ1) is 14.3. The molecule has 0 N–H and O–H groups in total. The zero-order valence-electron chi connectivity index (χ0n) is 11.6. The fraction of sp³-hybridized carbons (Fsp3) is 0.0625. The summed E-state index contributed by atoms with van der Waals surface area (Å²) >= 11 is 0. The van der Waals surface area contributed by atoms with E-state index in [1.165, 1.54) is 17.2 Å². The Morgan fingerprint density at radius 1 is 1.14 bits per heavy atom. The third-order valence-corrected chi connectivity index (χ3v) is 5.19. The van der Waals surface area contributed by atoms with Crippen LogP contribution in [0.1, 0.15) is 5.56 Å². The van der Waals surface area contributed by atoms with Gasteiger partial charge in [-0.15, -0.1) is 0 Å². The van der Waals surface area contributed by atoms with Crippen LogP contribution >= 0.6 is 0 Å². The van der Waals surface area contributed by atoms with E-state index in [0.29, 0.717) is 5.69 Å². The molecular weight excluding hydrogens is 303 g/mol. The first-order valence-electron chi connectivity index (χ1n) is 6.46. The molecule has 0 saturated heterocycles. The topological polar surface area (TPSA) is 61.2 Å². The summed E-state index contributed by atoms with van der Waals surface area (Å²) in [5.41, 5.74) is 1.77. The number of allylic oxidation sites excluding steroid dienone is 1. The van der Waals surface area contributed by atoms with E-state index in [2.05, 4.69) is 0 Å². The van der Waals surface area contributed by atoms with Crippen LogP contribution in [-0.2, 0) is 9.84 Å². The molecule has 1 aliphatic rings. The SMILES string of the molecule is Cc1ccccc1N1C=C(C#N)S(=O)(=O)c2ccc(F)cc21. The number of aryl methyl sites for hydroxylation is 1. The Morgan fingerprint density at radius 3 is 2.55 bits per heavy atom. The molecule has 6 heteroatoms. The standard InChI is InChI=1S/C16H11FN2O2S/c1-11-4-2-3-5-14(11)19-10-13(9-18)22(20,21)16-7-6-12(17)8-15(16)19/h2-8,10H,1H3. The van der Waals surface area contributed by atoms with E-state index in [0.717, 1.165) is 17.7 Å². The van der Waals surface area contributed by atoms with Gasteiger partial charge in [0.05, 0.1) is 10.6 Å². The molecule has 0 spiro atoms. The lowest BCUT2D eigenvalue weighted by molar-refractivity contribution is 0.600. The van der Waals surface area contributed by atoms with E-state index in [1.54, 1.807) is 18.2 Å². The second kappa shape index (κ2) is 4.97. The van der Waals surface area contributed by atoms with Crippen LogP contribution in [0.15, 0.2) is 58.5 Å². The number of anilines is 2. The van der Waals surface area contributed by atoms with Crippen molar-refractivity contribution in [3.8, 4) is 6.07 Å². The summed E-state index contributed by atoms with van der Waals surface area (Å²) in [5, 5.41) is 9.14. The van der Waals surface area contributed by atoms with Crippen molar-refractivity contribution in [1.82, 2.24) is 0 Å². The molecule has 2 aromatic rings. The van der Waals surface area contributed by atoms with Gasteiger partial charge in [-0.05, 0) is 36.8 Å². The summed E-state index contributed by atoms with van der Waals surface area (Å²) in [6.45, 7) is 1.86. The van der Waals surface area contributed by atoms with Crippen molar-refractivity contribution in [3.63, 3.8) is 0 Å². The van der Waals surface area contributed by atoms with Crippen molar-refractivity contribution < 1.29 is 12.8 Å². The van der Waals surface area contributed by atoms with Crippen molar-refractivity contribution >= 4 is 21.2 Å². The van der Waals surface area contributed by atoms with Gasteiger partial charge in [0, 0.05) is 11.9 Å². The summed E-state index contributed by atoms with van der Waals surface area (Å²) in [5.74, 6) is -0.540. The van der Waals surface area contributed by atoms with Gasteiger partial charge in [0.15, 0.2) is 4.91 Å².